The van der Waals surface area contributed by atoms with E-state index in [0.29, 0.717) is 45.8 Å². The van der Waals surface area contributed by atoms with Crippen LogP contribution in [0.4, 0.5) is 15.3 Å². The molecule has 1 aromatic carbocycles. The predicted molar refractivity (Wildman–Crippen MR) is 95.9 cm³/mol. The van der Waals surface area contributed by atoms with Gasteiger partial charge in [-0.2, -0.15) is 0 Å². The SMILES string of the molecule is CCOC(=O)N1CCN(C(=O)N[C@@H]2CC(=O)N(c3ccccc3)C2)CC1. The Hall–Kier alpha value is -2.77. The van der Waals surface area contributed by atoms with E-state index in [0.717, 1.165) is 5.69 Å². The van der Waals surface area contributed by atoms with Crippen molar-refractivity contribution in [3.63, 3.8) is 0 Å². The number of nitrogens with zero attached hydrogens (tertiary/aromatic N) is 3. The highest BCUT2D eigenvalue weighted by Crippen LogP contribution is 2.21. The molecule has 4 amide bonds. The van der Waals surface area contributed by atoms with Gasteiger partial charge in [0, 0.05) is 44.8 Å². The van der Waals surface area contributed by atoms with Crippen molar-refractivity contribution in [1.82, 2.24) is 15.1 Å². The van der Waals surface area contributed by atoms with E-state index in [1.165, 1.54) is 0 Å². The number of rotatable bonds is 3. The summed E-state index contributed by atoms with van der Waals surface area (Å²) < 4.78 is 4.98. The van der Waals surface area contributed by atoms with E-state index in [4.69, 9.17) is 4.74 Å². The molecule has 2 fully saturated rings. The summed E-state index contributed by atoms with van der Waals surface area (Å²) in [5, 5.41) is 2.94. The molecule has 0 saturated carbocycles. The summed E-state index contributed by atoms with van der Waals surface area (Å²) in [5.74, 6) is 0.00799. The van der Waals surface area contributed by atoms with Gasteiger partial charge in [0.05, 0.1) is 12.6 Å². The molecule has 0 bridgehead atoms. The zero-order chi connectivity index (χ0) is 18.5. The number of carbonyl (C=O) groups excluding carboxylic acids is 3. The Morgan fingerprint density at radius 2 is 1.77 bits per heavy atom. The lowest BCUT2D eigenvalue weighted by Gasteiger charge is -2.34. The van der Waals surface area contributed by atoms with E-state index >= 15 is 0 Å². The summed E-state index contributed by atoms with van der Waals surface area (Å²) in [6.45, 7) is 4.38. The molecule has 2 heterocycles. The van der Waals surface area contributed by atoms with E-state index in [2.05, 4.69) is 5.32 Å². The minimum atomic E-state index is -0.340. The number of benzene rings is 1. The van der Waals surface area contributed by atoms with Gasteiger partial charge in [-0.3, -0.25) is 4.79 Å². The molecule has 0 unspecified atom stereocenters. The van der Waals surface area contributed by atoms with Crippen molar-refractivity contribution in [2.75, 3.05) is 44.2 Å². The Kier molecular flexibility index (Phi) is 5.60. The first-order chi connectivity index (χ1) is 12.6. The number of hydrogen-bond acceptors (Lipinski definition) is 4. The van der Waals surface area contributed by atoms with Gasteiger partial charge in [-0.1, -0.05) is 18.2 Å². The highest BCUT2D eigenvalue weighted by atomic mass is 16.6. The van der Waals surface area contributed by atoms with Crippen LogP contribution in [0.5, 0.6) is 0 Å². The maximum Gasteiger partial charge on any atom is 0.409 e. The second kappa shape index (κ2) is 8.07. The van der Waals surface area contributed by atoms with Gasteiger partial charge in [0.15, 0.2) is 0 Å². The Balaban J connectivity index is 1.49. The summed E-state index contributed by atoms with van der Waals surface area (Å²) in [7, 11) is 0. The van der Waals surface area contributed by atoms with E-state index in [1.807, 2.05) is 30.3 Å². The molecule has 0 spiro atoms. The lowest BCUT2D eigenvalue weighted by atomic mass is 10.2. The van der Waals surface area contributed by atoms with E-state index in [9.17, 15) is 14.4 Å². The highest BCUT2D eigenvalue weighted by molar-refractivity contribution is 5.96. The molecular weight excluding hydrogens is 336 g/mol. The predicted octanol–water partition coefficient (Wildman–Crippen LogP) is 1.28. The lowest BCUT2D eigenvalue weighted by molar-refractivity contribution is -0.117. The summed E-state index contributed by atoms with van der Waals surface area (Å²) in [6, 6.07) is 9.04. The molecule has 2 aliphatic rings. The summed E-state index contributed by atoms with van der Waals surface area (Å²) in [4.78, 5) is 41.4. The van der Waals surface area contributed by atoms with Crippen LogP contribution in [0.3, 0.4) is 0 Å². The van der Waals surface area contributed by atoms with Crippen molar-refractivity contribution in [2.24, 2.45) is 0 Å². The van der Waals surface area contributed by atoms with Crippen LogP contribution in [0.2, 0.25) is 0 Å². The van der Waals surface area contributed by atoms with Crippen LogP contribution in [0.25, 0.3) is 0 Å². The topological polar surface area (TPSA) is 82.2 Å². The molecule has 1 N–H and O–H groups in total. The first kappa shape index (κ1) is 18.0. The quantitative estimate of drug-likeness (QED) is 0.880. The number of ether oxygens (including phenoxy) is 1. The lowest BCUT2D eigenvalue weighted by Crippen LogP contribution is -2.54. The second-order valence-electron chi connectivity index (χ2n) is 6.36. The van der Waals surface area contributed by atoms with E-state index in [-0.39, 0.29) is 24.1 Å². The maximum atomic E-state index is 12.5. The minimum absolute atomic E-state index is 0.00799. The van der Waals surface area contributed by atoms with Gasteiger partial charge in [0.2, 0.25) is 5.91 Å². The second-order valence-corrected chi connectivity index (χ2v) is 6.36. The number of anilines is 1. The van der Waals surface area contributed by atoms with Gasteiger partial charge >= 0.3 is 12.1 Å². The molecule has 140 valence electrons. The van der Waals surface area contributed by atoms with E-state index < -0.39 is 0 Å². The summed E-state index contributed by atoms with van der Waals surface area (Å²) in [5.41, 5.74) is 0.845. The fraction of sp³-hybridized carbons (Fsp3) is 0.500. The van der Waals surface area contributed by atoms with Gasteiger partial charge < -0.3 is 24.8 Å². The molecule has 0 aliphatic carbocycles. The van der Waals surface area contributed by atoms with Crippen LogP contribution >= 0.6 is 0 Å². The fourth-order valence-electron chi connectivity index (χ4n) is 3.23. The van der Waals surface area contributed by atoms with Gasteiger partial charge in [0.1, 0.15) is 0 Å². The number of amides is 4. The van der Waals surface area contributed by atoms with E-state index in [1.54, 1.807) is 21.6 Å². The van der Waals surface area contributed by atoms with Gasteiger partial charge in [0.25, 0.3) is 0 Å². The van der Waals surface area contributed by atoms with Gasteiger partial charge in [-0.25, -0.2) is 9.59 Å². The standard InChI is InChI=1S/C18H24N4O4/c1-2-26-18(25)21-10-8-20(9-11-21)17(24)19-14-12-16(23)22(13-14)15-6-4-3-5-7-15/h3-7,14H,2,8-13H2,1H3,(H,19,24)/t14-/m1/s1. The Labute approximate surface area is 152 Å². The van der Waals surface area contributed by atoms with Crippen LogP contribution in [0.15, 0.2) is 30.3 Å². The summed E-state index contributed by atoms with van der Waals surface area (Å²) >= 11 is 0. The maximum absolute atomic E-state index is 12.5. The average Bonchev–Trinajstić information content (AvgIpc) is 3.03. The van der Waals surface area contributed by atoms with Crippen LogP contribution in [0, 0.1) is 0 Å². The number of nitrogens with one attached hydrogen (secondary N) is 1. The molecule has 0 aromatic heterocycles. The molecular formula is C18H24N4O4. The Morgan fingerprint density at radius 1 is 1.12 bits per heavy atom. The van der Waals surface area contributed by atoms with Crippen molar-refractivity contribution in [1.29, 1.82) is 0 Å². The molecule has 1 atom stereocenters. The number of urea groups is 1. The smallest absolute Gasteiger partial charge is 0.409 e. The first-order valence-corrected chi connectivity index (χ1v) is 8.91. The third kappa shape index (κ3) is 4.07. The number of para-hydroxylation sites is 1. The third-order valence-electron chi connectivity index (χ3n) is 4.61. The molecule has 2 aliphatic heterocycles. The molecule has 2 saturated heterocycles. The average molecular weight is 360 g/mol. The highest BCUT2D eigenvalue weighted by Gasteiger charge is 2.33. The Morgan fingerprint density at radius 3 is 2.42 bits per heavy atom. The molecule has 1 aromatic rings. The third-order valence-corrected chi connectivity index (χ3v) is 4.61. The summed E-state index contributed by atoms with van der Waals surface area (Å²) in [6.07, 6.45) is -0.0453. The van der Waals surface area contributed by atoms with Crippen molar-refractivity contribution >= 4 is 23.7 Å². The number of carbonyl (C=O) groups is 3. The van der Waals surface area contributed by atoms with Crippen LogP contribution in [-0.4, -0.2) is 73.2 Å². The fourth-order valence-corrected chi connectivity index (χ4v) is 3.23. The van der Waals surface area contributed by atoms with Gasteiger partial charge in [-0.15, -0.1) is 0 Å². The number of piperazine rings is 1. The minimum Gasteiger partial charge on any atom is -0.450 e. The van der Waals surface area contributed by atoms with Crippen LogP contribution in [0.1, 0.15) is 13.3 Å². The Bertz CT molecular complexity index is 658. The molecule has 0 radical (unpaired) electrons. The molecule has 3 rings (SSSR count). The number of hydrogen-bond donors (Lipinski definition) is 1. The zero-order valence-electron chi connectivity index (χ0n) is 14.9. The monoisotopic (exact) mass is 360 g/mol. The molecule has 8 heteroatoms. The van der Waals surface area contributed by atoms with Crippen molar-refractivity contribution < 1.29 is 19.1 Å². The zero-order valence-corrected chi connectivity index (χ0v) is 14.9. The van der Waals surface area contributed by atoms with Gasteiger partial charge in [-0.05, 0) is 19.1 Å². The van der Waals surface area contributed by atoms with Crippen molar-refractivity contribution in [3.05, 3.63) is 30.3 Å². The molecule has 8 nitrogen and oxygen atoms in total. The van der Waals surface area contributed by atoms with Crippen molar-refractivity contribution in [3.8, 4) is 0 Å². The first-order valence-electron chi connectivity index (χ1n) is 8.91. The largest absolute Gasteiger partial charge is 0.450 e. The van der Waals surface area contributed by atoms with Crippen LogP contribution in [-0.2, 0) is 9.53 Å². The molecule has 26 heavy (non-hydrogen) atoms. The van der Waals surface area contributed by atoms with Crippen molar-refractivity contribution in [2.45, 2.75) is 19.4 Å². The normalized spacial score (nSPS) is 20.3. The van der Waals surface area contributed by atoms with Crippen LogP contribution < -0.4 is 10.2 Å².